The Kier molecular flexibility index (Phi) is 3.03. The summed E-state index contributed by atoms with van der Waals surface area (Å²) in [6.07, 6.45) is 5.77. The summed E-state index contributed by atoms with van der Waals surface area (Å²) in [5, 5.41) is 3.65. The minimum Gasteiger partial charge on any atom is -0.334 e. The molecular weight excluding hydrogens is 248 g/mol. The largest absolute Gasteiger partial charge is 0.334 e. The summed E-state index contributed by atoms with van der Waals surface area (Å²) >= 11 is 0. The zero-order valence-electron chi connectivity index (χ0n) is 11.8. The lowest BCUT2D eigenvalue weighted by atomic mass is 9.89. The molecule has 0 radical (unpaired) electrons. The lowest BCUT2D eigenvalue weighted by Gasteiger charge is -2.29. The molecule has 3 heterocycles. The van der Waals surface area contributed by atoms with Crippen molar-refractivity contribution in [3.05, 3.63) is 35.4 Å². The molecule has 0 aliphatic carbocycles. The predicted molar refractivity (Wildman–Crippen MR) is 78.0 cm³/mol. The number of hydrogen-bond acceptors (Lipinski definition) is 2. The van der Waals surface area contributed by atoms with Crippen molar-refractivity contribution >= 4 is 5.91 Å². The topological polar surface area (TPSA) is 32.3 Å². The molecule has 3 heteroatoms. The van der Waals surface area contributed by atoms with Crippen LogP contribution < -0.4 is 5.32 Å². The fourth-order valence-electron chi connectivity index (χ4n) is 4.23. The second kappa shape index (κ2) is 4.88. The van der Waals surface area contributed by atoms with Crippen molar-refractivity contribution in [2.24, 2.45) is 5.92 Å². The number of piperidine rings is 1. The summed E-state index contributed by atoms with van der Waals surface area (Å²) in [6, 6.07) is 9.79. The van der Waals surface area contributed by atoms with Gasteiger partial charge >= 0.3 is 0 Å². The molecule has 3 nitrogen and oxygen atoms in total. The van der Waals surface area contributed by atoms with Crippen LogP contribution in [0.4, 0.5) is 0 Å². The van der Waals surface area contributed by atoms with Crippen LogP contribution in [-0.2, 0) is 17.9 Å². The number of benzene rings is 1. The van der Waals surface area contributed by atoms with E-state index in [0.717, 1.165) is 19.5 Å². The lowest BCUT2D eigenvalue weighted by molar-refractivity contribution is -0.133. The molecule has 3 aliphatic rings. The number of rotatable bonds is 2. The smallest absolute Gasteiger partial charge is 0.223 e. The Morgan fingerprint density at radius 1 is 1.10 bits per heavy atom. The van der Waals surface area contributed by atoms with Crippen LogP contribution in [0.5, 0.6) is 0 Å². The van der Waals surface area contributed by atoms with Crippen molar-refractivity contribution in [1.82, 2.24) is 10.2 Å². The molecule has 3 atom stereocenters. The Morgan fingerprint density at radius 3 is 2.30 bits per heavy atom. The van der Waals surface area contributed by atoms with E-state index in [1.807, 2.05) is 4.90 Å². The van der Waals surface area contributed by atoms with Crippen molar-refractivity contribution in [3.63, 3.8) is 0 Å². The number of amides is 1. The van der Waals surface area contributed by atoms with Gasteiger partial charge in [-0.25, -0.2) is 0 Å². The Morgan fingerprint density at radius 2 is 1.70 bits per heavy atom. The minimum atomic E-state index is 0.354. The normalized spacial score (nSPS) is 31.4. The van der Waals surface area contributed by atoms with Crippen LogP contribution in [0.2, 0.25) is 0 Å². The van der Waals surface area contributed by atoms with E-state index >= 15 is 0 Å². The van der Waals surface area contributed by atoms with Crippen LogP contribution in [0.1, 0.15) is 43.2 Å². The van der Waals surface area contributed by atoms with Crippen LogP contribution in [0, 0.1) is 5.92 Å². The Bertz CT molecular complexity index is 490. The molecule has 0 saturated carbocycles. The van der Waals surface area contributed by atoms with Crippen molar-refractivity contribution < 1.29 is 4.79 Å². The fraction of sp³-hybridized carbons (Fsp3) is 0.588. The summed E-state index contributed by atoms with van der Waals surface area (Å²) in [7, 11) is 0. The number of nitrogens with one attached hydrogen (secondary N) is 1. The van der Waals surface area contributed by atoms with E-state index in [4.69, 9.17) is 0 Å². The molecule has 20 heavy (non-hydrogen) atoms. The highest BCUT2D eigenvalue weighted by atomic mass is 16.2. The van der Waals surface area contributed by atoms with E-state index in [2.05, 4.69) is 29.6 Å². The molecule has 2 fully saturated rings. The first-order chi connectivity index (χ1) is 9.78. The zero-order valence-corrected chi connectivity index (χ0v) is 11.8. The number of fused-ring (bicyclic) bond motifs is 3. The summed E-state index contributed by atoms with van der Waals surface area (Å²) in [6.45, 7) is 1.62. The Hall–Kier alpha value is -1.35. The van der Waals surface area contributed by atoms with Crippen LogP contribution in [0.25, 0.3) is 0 Å². The van der Waals surface area contributed by atoms with E-state index in [-0.39, 0.29) is 0 Å². The van der Waals surface area contributed by atoms with Gasteiger partial charge in [0.05, 0.1) is 0 Å². The van der Waals surface area contributed by atoms with Gasteiger partial charge in [-0.3, -0.25) is 4.79 Å². The predicted octanol–water partition coefficient (Wildman–Crippen LogP) is 2.45. The number of hydrogen-bond donors (Lipinski definition) is 1. The molecule has 1 N–H and O–H groups in total. The Labute approximate surface area is 120 Å². The first-order valence-electron chi connectivity index (χ1n) is 7.88. The van der Waals surface area contributed by atoms with Crippen LogP contribution in [0.15, 0.2) is 24.3 Å². The van der Waals surface area contributed by atoms with Gasteiger partial charge in [0.15, 0.2) is 0 Å². The maximum Gasteiger partial charge on any atom is 0.223 e. The molecule has 4 rings (SSSR count). The van der Waals surface area contributed by atoms with Crippen molar-refractivity contribution in [2.75, 3.05) is 0 Å². The highest BCUT2D eigenvalue weighted by Gasteiger charge is 2.35. The molecule has 1 unspecified atom stereocenters. The molecule has 3 aliphatic heterocycles. The molecule has 1 amide bonds. The molecule has 0 aromatic heterocycles. The van der Waals surface area contributed by atoms with Gasteiger partial charge in [-0.1, -0.05) is 24.3 Å². The van der Waals surface area contributed by atoms with Gasteiger partial charge in [-0.15, -0.1) is 0 Å². The number of carbonyl (C=O) groups excluding carboxylic acids is 1. The standard InChI is InChI=1S/C17H22N2O/c20-17(9-12-7-15-5-6-16(8-12)18-15)19-10-13-3-1-2-4-14(13)11-19/h1-4,12,15-16,18H,5-11H2/t12?,15-,16+. The van der Waals surface area contributed by atoms with Gasteiger partial charge in [-0.2, -0.15) is 0 Å². The molecular formula is C17H22N2O. The summed E-state index contributed by atoms with van der Waals surface area (Å²) in [4.78, 5) is 14.6. The fourth-order valence-corrected chi connectivity index (χ4v) is 4.23. The summed E-state index contributed by atoms with van der Waals surface area (Å²) < 4.78 is 0. The van der Waals surface area contributed by atoms with Gasteiger partial charge in [0.1, 0.15) is 0 Å². The van der Waals surface area contributed by atoms with Crippen LogP contribution >= 0.6 is 0 Å². The van der Waals surface area contributed by atoms with E-state index in [1.54, 1.807) is 0 Å². The average molecular weight is 270 g/mol. The molecule has 1 aromatic rings. The van der Waals surface area contributed by atoms with E-state index in [9.17, 15) is 4.79 Å². The van der Waals surface area contributed by atoms with Crippen LogP contribution in [-0.4, -0.2) is 22.9 Å². The average Bonchev–Trinajstić information content (AvgIpc) is 3.02. The SMILES string of the molecule is O=C(CC1C[C@H]2CC[C@@H](C1)N2)N1Cc2ccccc2C1. The van der Waals surface area contributed by atoms with E-state index < -0.39 is 0 Å². The summed E-state index contributed by atoms with van der Waals surface area (Å²) in [5.74, 6) is 0.956. The highest BCUT2D eigenvalue weighted by Crippen LogP contribution is 2.33. The van der Waals surface area contributed by atoms with Gasteiger partial charge in [-0.05, 0) is 42.7 Å². The third-order valence-corrected chi connectivity index (χ3v) is 5.23. The lowest BCUT2D eigenvalue weighted by Crippen LogP contribution is -2.39. The van der Waals surface area contributed by atoms with Crippen LogP contribution in [0.3, 0.4) is 0 Å². The zero-order chi connectivity index (χ0) is 13.5. The van der Waals surface area contributed by atoms with Gasteiger partial charge in [0.2, 0.25) is 5.91 Å². The van der Waals surface area contributed by atoms with Gasteiger partial charge in [0.25, 0.3) is 0 Å². The molecule has 2 bridgehead atoms. The van der Waals surface area contributed by atoms with E-state index in [0.29, 0.717) is 23.9 Å². The third-order valence-electron chi connectivity index (χ3n) is 5.23. The third kappa shape index (κ3) is 2.24. The first kappa shape index (κ1) is 12.4. The molecule has 2 saturated heterocycles. The maximum atomic E-state index is 12.5. The van der Waals surface area contributed by atoms with Crippen molar-refractivity contribution in [3.8, 4) is 0 Å². The highest BCUT2D eigenvalue weighted by molar-refractivity contribution is 5.77. The molecule has 106 valence electrons. The number of carbonyl (C=O) groups is 1. The monoisotopic (exact) mass is 270 g/mol. The van der Waals surface area contributed by atoms with Crippen molar-refractivity contribution in [2.45, 2.75) is 57.3 Å². The quantitative estimate of drug-likeness (QED) is 0.895. The second-order valence-corrected chi connectivity index (χ2v) is 6.70. The van der Waals surface area contributed by atoms with E-state index in [1.165, 1.54) is 36.8 Å². The molecule has 0 spiro atoms. The molecule has 1 aromatic carbocycles. The van der Waals surface area contributed by atoms with Gasteiger partial charge in [0, 0.05) is 31.6 Å². The first-order valence-corrected chi connectivity index (χ1v) is 7.88. The maximum absolute atomic E-state index is 12.5. The van der Waals surface area contributed by atoms with Gasteiger partial charge < -0.3 is 10.2 Å². The number of nitrogens with zero attached hydrogens (tertiary/aromatic N) is 1. The summed E-state index contributed by atoms with van der Waals surface area (Å²) in [5.41, 5.74) is 2.65. The second-order valence-electron chi connectivity index (χ2n) is 6.70. The Balaban J connectivity index is 1.38. The minimum absolute atomic E-state index is 0.354. The van der Waals surface area contributed by atoms with Crippen molar-refractivity contribution in [1.29, 1.82) is 0 Å².